The largest absolute Gasteiger partial charge is 0.493 e. The van der Waals surface area contributed by atoms with E-state index >= 15 is 0 Å². The van der Waals surface area contributed by atoms with Crippen molar-refractivity contribution in [1.29, 1.82) is 0 Å². The second kappa shape index (κ2) is 7.17. The molecule has 0 unspecified atom stereocenters. The zero-order valence-corrected chi connectivity index (χ0v) is 14.2. The molecule has 0 radical (unpaired) electrons. The highest BCUT2D eigenvalue weighted by Gasteiger charge is 2.07. The normalized spacial score (nSPS) is 11.4. The molecule has 0 bridgehead atoms. The van der Waals surface area contributed by atoms with E-state index in [1.807, 2.05) is 0 Å². The van der Waals surface area contributed by atoms with Crippen LogP contribution in [0.25, 0.3) is 0 Å². The molecule has 0 saturated heterocycles. The smallest absolute Gasteiger partial charge is 0.238 e. The van der Waals surface area contributed by atoms with Crippen LogP contribution in [0.3, 0.4) is 0 Å². The van der Waals surface area contributed by atoms with E-state index < -0.39 is 10.0 Å². The average Bonchev–Trinajstić information content (AvgIpc) is 2.46. The molecular weight excluding hydrogens is 318 g/mol. The van der Waals surface area contributed by atoms with Crippen LogP contribution in [0.4, 0.5) is 0 Å². The summed E-state index contributed by atoms with van der Waals surface area (Å²) in [5, 5.41) is 5.05. The van der Waals surface area contributed by atoms with Crippen molar-refractivity contribution >= 4 is 21.8 Å². The maximum Gasteiger partial charge on any atom is 0.238 e. The Balaban J connectivity index is 1.85. The van der Waals surface area contributed by atoms with E-state index in [1.54, 1.807) is 23.9 Å². The molecule has 0 spiro atoms. The monoisotopic (exact) mass is 337 g/mol. The molecule has 2 aromatic carbocycles. The first-order valence-electron chi connectivity index (χ1n) is 6.82. The number of primary sulfonamides is 1. The van der Waals surface area contributed by atoms with Crippen LogP contribution >= 0.6 is 11.8 Å². The lowest BCUT2D eigenvalue weighted by Gasteiger charge is -2.09. The van der Waals surface area contributed by atoms with E-state index in [-0.39, 0.29) is 4.90 Å². The summed E-state index contributed by atoms with van der Waals surface area (Å²) >= 11 is 1.75. The average molecular weight is 337 g/mol. The number of rotatable bonds is 6. The van der Waals surface area contributed by atoms with E-state index in [2.05, 4.69) is 32.0 Å². The molecule has 0 fully saturated rings. The third-order valence-corrected chi connectivity index (χ3v) is 5.16. The van der Waals surface area contributed by atoms with Crippen LogP contribution in [0.1, 0.15) is 11.1 Å². The van der Waals surface area contributed by atoms with Crippen molar-refractivity contribution in [2.45, 2.75) is 23.6 Å². The number of hydrogen-bond donors (Lipinski definition) is 1. The SMILES string of the molecule is Cc1ccc(C)c(SCCOc2ccc(S(N)(=O)=O)cc2)c1. The molecule has 0 heterocycles. The van der Waals surface area contributed by atoms with Gasteiger partial charge in [-0.05, 0) is 49.7 Å². The Morgan fingerprint density at radius 3 is 2.41 bits per heavy atom. The highest BCUT2D eigenvalue weighted by atomic mass is 32.2. The van der Waals surface area contributed by atoms with Crippen molar-refractivity contribution in [1.82, 2.24) is 0 Å². The molecule has 2 rings (SSSR count). The van der Waals surface area contributed by atoms with Gasteiger partial charge in [0.25, 0.3) is 0 Å². The zero-order valence-electron chi connectivity index (χ0n) is 12.6. The minimum atomic E-state index is -3.65. The molecule has 22 heavy (non-hydrogen) atoms. The number of benzene rings is 2. The molecular formula is C16H19NO3S2. The van der Waals surface area contributed by atoms with Crippen LogP contribution in [0.15, 0.2) is 52.3 Å². The van der Waals surface area contributed by atoms with Crippen LogP contribution in [-0.2, 0) is 10.0 Å². The minimum Gasteiger partial charge on any atom is -0.493 e. The van der Waals surface area contributed by atoms with Gasteiger partial charge in [0.1, 0.15) is 5.75 Å². The number of sulfonamides is 1. The molecule has 0 amide bonds. The molecule has 2 N–H and O–H groups in total. The summed E-state index contributed by atoms with van der Waals surface area (Å²) in [6, 6.07) is 12.5. The fourth-order valence-electron chi connectivity index (χ4n) is 1.90. The van der Waals surface area contributed by atoms with E-state index in [0.717, 1.165) is 5.75 Å². The summed E-state index contributed by atoms with van der Waals surface area (Å²) < 4.78 is 27.9. The van der Waals surface area contributed by atoms with Gasteiger partial charge in [0.2, 0.25) is 10.0 Å². The fourth-order valence-corrected chi connectivity index (χ4v) is 3.37. The maximum absolute atomic E-state index is 11.2. The van der Waals surface area contributed by atoms with Gasteiger partial charge in [-0.2, -0.15) is 0 Å². The predicted molar refractivity (Wildman–Crippen MR) is 90.0 cm³/mol. The summed E-state index contributed by atoms with van der Waals surface area (Å²) in [6.07, 6.45) is 0. The van der Waals surface area contributed by atoms with Crippen molar-refractivity contribution in [3.63, 3.8) is 0 Å². The third kappa shape index (κ3) is 4.76. The van der Waals surface area contributed by atoms with Gasteiger partial charge in [-0.3, -0.25) is 0 Å². The second-order valence-electron chi connectivity index (χ2n) is 4.98. The van der Waals surface area contributed by atoms with Crippen molar-refractivity contribution in [2.24, 2.45) is 5.14 Å². The van der Waals surface area contributed by atoms with Crippen LogP contribution in [0, 0.1) is 13.8 Å². The Kier molecular flexibility index (Phi) is 5.50. The lowest BCUT2D eigenvalue weighted by atomic mass is 10.2. The number of thioether (sulfide) groups is 1. The summed E-state index contributed by atoms with van der Waals surface area (Å²) in [7, 11) is -3.65. The number of hydrogen-bond acceptors (Lipinski definition) is 4. The van der Waals surface area contributed by atoms with Gasteiger partial charge >= 0.3 is 0 Å². The lowest BCUT2D eigenvalue weighted by molar-refractivity contribution is 0.343. The van der Waals surface area contributed by atoms with Crippen LogP contribution in [-0.4, -0.2) is 20.8 Å². The van der Waals surface area contributed by atoms with Gasteiger partial charge in [0.05, 0.1) is 11.5 Å². The number of nitrogens with two attached hydrogens (primary N) is 1. The van der Waals surface area contributed by atoms with E-state index in [1.165, 1.54) is 28.2 Å². The quantitative estimate of drug-likeness (QED) is 0.649. The Bertz CT molecular complexity index is 740. The van der Waals surface area contributed by atoms with Crippen molar-refractivity contribution in [2.75, 3.05) is 12.4 Å². The van der Waals surface area contributed by atoms with Gasteiger partial charge < -0.3 is 4.74 Å². The molecule has 0 aromatic heterocycles. The van der Waals surface area contributed by atoms with Crippen LogP contribution < -0.4 is 9.88 Å². The van der Waals surface area contributed by atoms with E-state index in [4.69, 9.17) is 9.88 Å². The van der Waals surface area contributed by atoms with Gasteiger partial charge in [0.15, 0.2) is 0 Å². The van der Waals surface area contributed by atoms with Crippen molar-refractivity contribution in [3.8, 4) is 5.75 Å². The van der Waals surface area contributed by atoms with Crippen LogP contribution in [0.2, 0.25) is 0 Å². The Hall–Kier alpha value is -1.50. The molecule has 118 valence electrons. The Morgan fingerprint density at radius 2 is 1.77 bits per heavy atom. The first kappa shape index (κ1) is 16.9. The highest BCUT2D eigenvalue weighted by Crippen LogP contribution is 2.23. The van der Waals surface area contributed by atoms with Gasteiger partial charge in [-0.25, -0.2) is 13.6 Å². The predicted octanol–water partition coefficient (Wildman–Crippen LogP) is 3.12. The standard InChI is InChI=1S/C16H19NO3S2/c1-12-3-4-13(2)16(11-12)21-10-9-20-14-5-7-15(8-6-14)22(17,18)19/h3-8,11H,9-10H2,1-2H3,(H2,17,18,19). The summed E-state index contributed by atoms with van der Waals surface area (Å²) in [4.78, 5) is 1.35. The van der Waals surface area contributed by atoms with Gasteiger partial charge in [0, 0.05) is 10.6 Å². The van der Waals surface area contributed by atoms with E-state index in [9.17, 15) is 8.42 Å². The summed E-state index contributed by atoms with van der Waals surface area (Å²) in [6.45, 7) is 4.72. The molecule has 0 aliphatic rings. The van der Waals surface area contributed by atoms with Crippen molar-refractivity contribution in [3.05, 3.63) is 53.6 Å². The molecule has 0 aliphatic heterocycles. The number of ether oxygens (including phenoxy) is 1. The topological polar surface area (TPSA) is 69.4 Å². The second-order valence-corrected chi connectivity index (χ2v) is 7.68. The van der Waals surface area contributed by atoms with Crippen molar-refractivity contribution < 1.29 is 13.2 Å². The molecule has 0 saturated carbocycles. The highest BCUT2D eigenvalue weighted by molar-refractivity contribution is 7.99. The third-order valence-electron chi connectivity index (χ3n) is 3.11. The van der Waals surface area contributed by atoms with Gasteiger partial charge in [-0.15, -0.1) is 11.8 Å². The van der Waals surface area contributed by atoms with Crippen LogP contribution in [0.5, 0.6) is 5.75 Å². The molecule has 4 nitrogen and oxygen atoms in total. The Morgan fingerprint density at radius 1 is 1.09 bits per heavy atom. The lowest BCUT2D eigenvalue weighted by Crippen LogP contribution is -2.11. The molecule has 6 heteroatoms. The minimum absolute atomic E-state index is 0.0876. The molecule has 2 aromatic rings. The summed E-state index contributed by atoms with van der Waals surface area (Å²) in [5.74, 6) is 1.45. The first-order valence-corrected chi connectivity index (χ1v) is 9.35. The molecule has 0 aliphatic carbocycles. The summed E-state index contributed by atoms with van der Waals surface area (Å²) in [5.41, 5.74) is 2.50. The number of aryl methyl sites for hydroxylation is 2. The fraction of sp³-hybridized carbons (Fsp3) is 0.250. The first-order chi connectivity index (χ1) is 10.4. The van der Waals surface area contributed by atoms with E-state index in [0.29, 0.717) is 12.4 Å². The maximum atomic E-state index is 11.2. The van der Waals surface area contributed by atoms with Gasteiger partial charge in [-0.1, -0.05) is 17.7 Å². The Labute approximate surface area is 135 Å². The molecule has 0 atom stereocenters. The zero-order chi connectivity index (χ0) is 16.2.